The highest BCUT2D eigenvalue weighted by molar-refractivity contribution is 6.31. The lowest BCUT2D eigenvalue weighted by Crippen LogP contribution is -2.35. The zero-order valence-electron chi connectivity index (χ0n) is 21.9. The van der Waals surface area contributed by atoms with Gasteiger partial charge in [-0.1, -0.05) is 43.7 Å². The van der Waals surface area contributed by atoms with Gasteiger partial charge < -0.3 is 18.7 Å². The molecule has 0 aliphatic rings. The van der Waals surface area contributed by atoms with Crippen molar-refractivity contribution in [1.29, 1.82) is 0 Å². The molecule has 2 rings (SSSR count). The Morgan fingerprint density at radius 1 is 1.00 bits per heavy atom. The lowest BCUT2D eigenvalue weighted by molar-refractivity contribution is -0.870. The largest absolute Gasteiger partial charge is 0.481 e. The number of ether oxygens (including phenoxy) is 3. The second-order valence-corrected chi connectivity index (χ2v) is 10.4. The molecule has 0 aliphatic heterocycles. The van der Waals surface area contributed by atoms with Gasteiger partial charge in [0.2, 0.25) is 5.88 Å². The molecule has 8 heteroatoms. The van der Waals surface area contributed by atoms with Crippen LogP contribution in [0.4, 0.5) is 0 Å². The first-order chi connectivity index (χ1) is 16.7. The van der Waals surface area contributed by atoms with E-state index < -0.39 is 5.97 Å². The van der Waals surface area contributed by atoms with Crippen LogP contribution in [-0.2, 0) is 4.74 Å². The van der Waals surface area contributed by atoms with E-state index in [1.54, 1.807) is 18.2 Å². The minimum absolute atomic E-state index is 0.0714. The van der Waals surface area contributed by atoms with Crippen LogP contribution in [0.15, 0.2) is 30.5 Å². The van der Waals surface area contributed by atoms with Crippen LogP contribution in [0, 0.1) is 0 Å². The van der Waals surface area contributed by atoms with Gasteiger partial charge in [0.15, 0.2) is 0 Å². The van der Waals surface area contributed by atoms with Gasteiger partial charge in [-0.05, 0) is 50.8 Å². The Bertz CT molecular complexity index is 918. The topological polar surface area (TPSA) is 70.5 Å². The van der Waals surface area contributed by atoms with Crippen molar-refractivity contribution in [2.45, 2.75) is 70.8 Å². The van der Waals surface area contributed by atoms with E-state index >= 15 is 0 Å². The number of carbonyl (C=O) groups is 1. The van der Waals surface area contributed by atoms with Gasteiger partial charge in [0, 0.05) is 17.3 Å². The quantitative estimate of drug-likeness (QED) is 0.143. The van der Waals surface area contributed by atoms with Crippen LogP contribution in [0.25, 0.3) is 0 Å². The minimum atomic E-state index is -0.480. The molecule has 1 aromatic heterocycles. The summed E-state index contributed by atoms with van der Waals surface area (Å²) in [6, 6.07) is 6.46. The molecule has 35 heavy (non-hydrogen) atoms. The third-order valence-electron chi connectivity index (χ3n) is 5.68. The molecule has 0 N–H and O–H groups in total. The molecule has 0 bridgehead atoms. The summed E-state index contributed by atoms with van der Waals surface area (Å²) in [5.41, 5.74) is 0.237. The number of hydrogen-bond donors (Lipinski definition) is 0. The maximum atomic E-state index is 12.8. The molecule has 0 fully saturated rings. The third kappa shape index (κ3) is 11.7. The SMILES string of the molecule is COc1ccnc(Oc2ccc(Cl)cc2C(=O)OC(C)CCCCCCCCCC[N+](C)(C)C)n1. The van der Waals surface area contributed by atoms with Gasteiger partial charge in [-0.3, -0.25) is 0 Å². The van der Waals surface area contributed by atoms with Gasteiger partial charge in [0.25, 0.3) is 0 Å². The van der Waals surface area contributed by atoms with Crippen LogP contribution in [0.1, 0.15) is 75.1 Å². The summed E-state index contributed by atoms with van der Waals surface area (Å²) in [4.78, 5) is 21.0. The Labute approximate surface area is 215 Å². The lowest BCUT2D eigenvalue weighted by Gasteiger charge is -2.23. The number of rotatable bonds is 16. The summed E-state index contributed by atoms with van der Waals surface area (Å²) in [6.45, 7) is 3.16. The van der Waals surface area contributed by atoms with Crippen molar-refractivity contribution in [2.75, 3.05) is 34.8 Å². The van der Waals surface area contributed by atoms with Crippen molar-refractivity contribution < 1.29 is 23.5 Å². The Balaban J connectivity index is 1.72. The smallest absolute Gasteiger partial charge is 0.342 e. The number of esters is 1. The highest BCUT2D eigenvalue weighted by Gasteiger charge is 2.19. The van der Waals surface area contributed by atoms with Crippen molar-refractivity contribution in [3.63, 3.8) is 0 Å². The molecule has 0 radical (unpaired) electrons. The van der Waals surface area contributed by atoms with Crippen molar-refractivity contribution in [2.24, 2.45) is 0 Å². The van der Waals surface area contributed by atoms with Crippen LogP contribution in [0.5, 0.6) is 17.6 Å². The average molecular weight is 507 g/mol. The first-order valence-electron chi connectivity index (χ1n) is 12.5. The zero-order valence-corrected chi connectivity index (χ0v) is 22.6. The van der Waals surface area contributed by atoms with E-state index in [4.69, 9.17) is 25.8 Å². The molecular weight excluding hydrogens is 466 g/mol. The van der Waals surface area contributed by atoms with Gasteiger partial charge in [0.1, 0.15) is 11.3 Å². The maximum Gasteiger partial charge on any atom is 0.342 e. The normalized spacial score (nSPS) is 12.3. The van der Waals surface area contributed by atoms with Crippen LogP contribution < -0.4 is 9.47 Å². The highest BCUT2D eigenvalue weighted by atomic mass is 35.5. The predicted molar refractivity (Wildman–Crippen MR) is 139 cm³/mol. The van der Waals surface area contributed by atoms with E-state index in [1.165, 1.54) is 64.4 Å². The van der Waals surface area contributed by atoms with E-state index in [0.29, 0.717) is 10.9 Å². The molecule has 1 heterocycles. The number of methoxy groups -OCH3 is 1. The number of aromatic nitrogens is 2. The molecule has 0 spiro atoms. The Morgan fingerprint density at radius 3 is 2.31 bits per heavy atom. The van der Waals surface area contributed by atoms with Gasteiger partial charge in [-0.2, -0.15) is 4.98 Å². The molecule has 194 valence electrons. The molecule has 1 unspecified atom stereocenters. The molecular formula is C27H41ClN3O4+. The van der Waals surface area contributed by atoms with Crippen LogP contribution in [0.3, 0.4) is 0 Å². The molecule has 0 saturated carbocycles. The van der Waals surface area contributed by atoms with Crippen molar-refractivity contribution in [3.05, 3.63) is 41.0 Å². The number of hydrogen-bond acceptors (Lipinski definition) is 6. The Morgan fingerprint density at radius 2 is 1.66 bits per heavy atom. The summed E-state index contributed by atoms with van der Waals surface area (Å²) in [5, 5.41) is 0.418. The average Bonchev–Trinajstić information content (AvgIpc) is 2.80. The number of halogens is 1. The molecule has 1 atom stereocenters. The van der Waals surface area contributed by atoms with Crippen molar-refractivity contribution in [3.8, 4) is 17.6 Å². The fraction of sp³-hybridized carbons (Fsp3) is 0.593. The third-order valence-corrected chi connectivity index (χ3v) is 5.91. The van der Waals surface area contributed by atoms with E-state index in [9.17, 15) is 4.79 Å². The van der Waals surface area contributed by atoms with E-state index in [1.807, 2.05) is 6.92 Å². The fourth-order valence-electron chi connectivity index (χ4n) is 3.72. The summed E-state index contributed by atoms with van der Waals surface area (Å²) >= 11 is 6.12. The maximum absolute atomic E-state index is 12.8. The second-order valence-electron chi connectivity index (χ2n) is 9.97. The minimum Gasteiger partial charge on any atom is -0.481 e. The fourth-order valence-corrected chi connectivity index (χ4v) is 3.89. The molecule has 0 aliphatic carbocycles. The molecule has 1 aromatic carbocycles. The first-order valence-corrected chi connectivity index (χ1v) is 12.9. The number of unbranched alkanes of at least 4 members (excludes halogenated alkanes) is 7. The summed E-state index contributed by atoms with van der Waals surface area (Å²) in [6.07, 6.45) is 12.1. The predicted octanol–water partition coefficient (Wildman–Crippen LogP) is 6.69. The van der Waals surface area contributed by atoms with Crippen molar-refractivity contribution in [1.82, 2.24) is 9.97 Å². The molecule has 7 nitrogen and oxygen atoms in total. The van der Waals surface area contributed by atoms with Crippen LogP contribution in [-0.4, -0.2) is 61.3 Å². The Hall–Kier alpha value is -2.38. The van der Waals surface area contributed by atoms with Gasteiger partial charge in [0.05, 0.1) is 40.9 Å². The molecule has 0 amide bonds. The molecule has 0 saturated heterocycles. The van der Waals surface area contributed by atoms with Crippen molar-refractivity contribution >= 4 is 17.6 Å². The second kappa shape index (κ2) is 14.9. The van der Waals surface area contributed by atoms with E-state index in [-0.39, 0.29) is 23.4 Å². The van der Waals surface area contributed by atoms with E-state index in [2.05, 4.69) is 31.1 Å². The van der Waals surface area contributed by atoms with E-state index in [0.717, 1.165) is 23.7 Å². The summed E-state index contributed by atoms with van der Waals surface area (Å²) < 4.78 is 17.5. The monoisotopic (exact) mass is 506 g/mol. The summed E-state index contributed by atoms with van der Waals surface area (Å²) in [5.74, 6) is 0.162. The number of carbonyl (C=O) groups excluding carboxylic acids is 1. The number of benzene rings is 1. The first kappa shape index (κ1) is 28.9. The lowest BCUT2D eigenvalue weighted by atomic mass is 10.1. The zero-order chi connectivity index (χ0) is 25.7. The Kier molecular flexibility index (Phi) is 12.3. The number of quaternary nitrogens is 1. The van der Waals surface area contributed by atoms with Gasteiger partial charge in [-0.15, -0.1) is 0 Å². The highest BCUT2D eigenvalue weighted by Crippen LogP contribution is 2.28. The molecule has 2 aromatic rings. The van der Waals surface area contributed by atoms with Crippen LogP contribution >= 0.6 is 11.6 Å². The standard InChI is InChI=1S/C27H41ClN3O4/c1-21(14-12-10-8-6-7-9-11-13-19-31(2,3)4)34-26(32)23-20-22(28)15-16-24(23)35-27-29-18-17-25(30-27)33-5/h15-18,20-21H,6-14,19H2,1-5H3/q+1. The summed E-state index contributed by atoms with van der Waals surface area (Å²) in [7, 11) is 8.25. The van der Waals surface area contributed by atoms with Gasteiger partial charge >= 0.3 is 12.0 Å². The number of nitrogens with zero attached hydrogens (tertiary/aromatic N) is 3. The van der Waals surface area contributed by atoms with Gasteiger partial charge in [-0.25, -0.2) is 9.78 Å². The van der Waals surface area contributed by atoms with Crippen LogP contribution in [0.2, 0.25) is 5.02 Å².